The summed E-state index contributed by atoms with van der Waals surface area (Å²) in [5.41, 5.74) is 5.51. The fraction of sp³-hybridized carbons (Fsp3) is 0.312. The van der Waals surface area contributed by atoms with Gasteiger partial charge in [-0.3, -0.25) is 4.79 Å². The molecule has 1 aromatic heterocycles. The standard InChI is InChI=1S/C16H17NO/c1-11-15-13(9-5-6-10-14(15)18)16(17-11)12-7-3-2-4-8-12/h2-4,7-8,17H,5-6,9-10H2,1H3. The van der Waals surface area contributed by atoms with Crippen molar-refractivity contribution >= 4 is 5.78 Å². The summed E-state index contributed by atoms with van der Waals surface area (Å²) in [4.78, 5) is 15.6. The number of aryl methyl sites for hydroxylation is 1. The Morgan fingerprint density at radius 3 is 2.56 bits per heavy atom. The Bertz CT molecular complexity index is 581. The zero-order valence-corrected chi connectivity index (χ0v) is 10.6. The number of nitrogens with one attached hydrogen (secondary N) is 1. The normalized spacial score (nSPS) is 15.3. The molecule has 0 bridgehead atoms. The van der Waals surface area contributed by atoms with Gasteiger partial charge in [-0.25, -0.2) is 0 Å². The summed E-state index contributed by atoms with van der Waals surface area (Å²) in [5, 5.41) is 0. The molecule has 2 nitrogen and oxygen atoms in total. The van der Waals surface area contributed by atoms with Crippen LogP contribution in [0.5, 0.6) is 0 Å². The number of carbonyl (C=O) groups is 1. The minimum Gasteiger partial charge on any atom is -0.358 e. The number of Topliss-reactive ketones (excluding diaryl/α,β-unsaturated/α-hetero) is 1. The second-order valence-electron chi connectivity index (χ2n) is 4.97. The van der Waals surface area contributed by atoms with Crippen molar-refractivity contribution in [2.75, 3.05) is 0 Å². The Labute approximate surface area is 107 Å². The van der Waals surface area contributed by atoms with Gasteiger partial charge in [0.15, 0.2) is 5.78 Å². The van der Waals surface area contributed by atoms with Gasteiger partial charge in [0.1, 0.15) is 0 Å². The predicted molar refractivity (Wildman–Crippen MR) is 72.9 cm³/mol. The van der Waals surface area contributed by atoms with Crippen molar-refractivity contribution in [3.63, 3.8) is 0 Å². The van der Waals surface area contributed by atoms with Crippen LogP contribution in [0.15, 0.2) is 30.3 Å². The summed E-state index contributed by atoms with van der Waals surface area (Å²) in [7, 11) is 0. The molecule has 1 aliphatic carbocycles. The molecule has 0 spiro atoms. The smallest absolute Gasteiger partial charge is 0.164 e. The Kier molecular flexibility index (Phi) is 2.78. The molecule has 0 unspecified atom stereocenters. The monoisotopic (exact) mass is 239 g/mol. The molecule has 0 radical (unpaired) electrons. The first kappa shape index (κ1) is 11.3. The summed E-state index contributed by atoms with van der Waals surface area (Å²) in [6, 6.07) is 10.3. The van der Waals surface area contributed by atoms with Gasteiger partial charge in [-0.15, -0.1) is 0 Å². The second kappa shape index (κ2) is 4.45. The lowest BCUT2D eigenvalue weighted by molar-refractivity contribution is 0.0981. The number of aromatic nitrogens is 1. The van der Waals surface area contributed by atoms with E-state index >= 15 is 0 Å². The fourth-order valence-corrected chi connectivity index (χ4v) is 2.87. The largest absolute Gasteiger partial charge is 0.358 e. The van der Waals surface area contributed by atoms with Gasteiger partial charge in [-0.1, -0.05) is 30.3 Å². The van der Waals surface area contributed by atoms with E-state index in [0.717, 1.165) is 36.2 Å². The lowest BCUT2D eigenvalue weighted by Gasteiger charge is -2.03. The minimum atomic E-state index is 0.304. The molecule has 1 heterocycles. The first-order valence-corrected chi connectivity index (χ1v) is 6.57. The minimum absolute atomic E-state index is 0.304. The Morgan fingerprint density at radius 1 is 1.06 bits per heavy atom. The SMILES string of the molecule is Cc1[nH]c(-c2ccccc2)c2c1C(=O)CCCC2. The molecule has 0 aliphatic heterocycles. The first-order chi connectivity index (χ1) is 8.77. The van der Waals surface area contributed by atoms with Gasteiger partial charge < -0.3 is 4.98 Å². The van der Waals surface area contributed by atoms with Crippen molar-refractivity contribution < 1.29 is 4.79 Å². The predicted octanol–water partition coefficient (Wildman–Crippen LogP) is 3.90. The third-order valence-electron chi connectivity index (χ3n) is 3.71. The number of rotatable bonds is 1. The molecular formula is C16H17NO. The van der Waals surface area contributed by atoms with Gasteiger partial charge in [0.25, 0.3) is 0 Å². The molecule has 0 atom stereocenters. The molecule has 1 N–H and O–H groups in total. The van der Waals surface area contributed by atoms with Gasteiger partial charge >= 0.3 is 0 Å². The highest BCUT2D eigenvalue weighted by Gasteiger charge is 2.23. The van der Waals surface area contributed by atoms with Gasteiger partial charge in [-0.05, 0) is 37.3 Å². The van der Waals surface area contributed by atoms with E-state index in [9.17, 15) is 4.79 Å². The summed E-state index contributed by atoms with van der Waals surface area (Å²) in [6.07, 6.45) is 3.83. The topological polar surface area (TPSA) is 32.9 Å². The van der Waals surface area contributed by atoms with Gasteiger partial charge in [-0.2, -0.15) is 0 Å². The van der Waals surface area contributed by atoms with Crippen LogP contribution in [0, 0.1) is 6.92 Å². The van der Waals surface area contributed by atoms with Crippen LogP contribution >= 0.6 is 0 Å². The maximum absolute atomic E-state index is 12.2. The van der Waals surface area contributed by atoms with Gasteiger partial charge in [0.2, 0.25) is 0 Å². The van der Waals surface area contributed by atoms with Crippen LogP contribution in [0.1, 0.15) is 40.9 Å². The van der Waals surface area contributed by atoms with Crippen molar-refractivity contribution in [3.05, 3.63) is 47.2 Å². The summed E-state index contributed by atoms with van der Waals surface area (Å²) < 4.78 is 0. The number of H-pyrrole nitrogens is 1. The van der Waals surface area contributed by atoms with Crippen LogP contribution < -0.4 is 0 Å². The lowest BCUT2D eigenvalue weighted by Crippen LogP contribution is -1.99. The van der Waals surface area contributed by atoms with Crippen LogP contribution in [0.3, 0.4) is 0 Å². The van der Waals surface area contributed by atoms with Crippen molar-refractivity contribution in [1.82, 2.24) is 4.98 Å². The first-order valence-electron chi connectivity index (χ1n) is 6.57. The molecule has 1 aliphatic rings. The van der Waals surface area contributed by atoms with Crippen LogP contribution in [-0.4, -0.2) is 10.8 Å². The van der Waals surface area contributed by atoms with Gasteiger partial charge in [0, 0.05) is 23.4 Å². The van der Waals surface area contributed by atoms with E-state index < -0.39 is 0 Å². The number of fused-ring (bicyclic) bond motifs is 1. The highest BCUT2D eigenvalue weighted by molar-refractivity contribution is 6.00. The number of hydrogen-bond acceptors (Lipinski definition) is 1. The average Bonchev–Trinajstić information content (AvgIpc) is 2.59. The highest BCUT2D eigenvalue weighted by Crippen LogP contribution is 2.32. The van der Waals surface area contributed by atoms with Crippen molar-refractivity contribution in [2.24, 2.45) is 0 Å². The number of ketones is 1. The number of carbonyl (C=O) groups excluding carboxylic acids is 1. The van der Waals surface area contributed by atoms with Crippen molar-refractivity contribution in [1.29, 1.82) is 0 Å². The molecule has 0 saturated carbocycles. The number of hydrogen-bond donors (Lipinski definition) is 1. The quantitative estimate of drug-likeness (QED) is 0.752. The Hall–Kier alpha value is -1.83. The third-order valence-corrected chi connectivity index (χ3v) is 3.71. The Morgan fingerprint density at radius 2 is 1.78 bits per heavy atom. The van der Waals surface area contributed by atoms with E-state index in [2.05, 4.69) is 17.1 Å². The van der Waals surface area contributed by atoms with Crippen molar-refractivity contribution in [2.45, 2.75) is 32.6 Å². The maximum Gasteiger partial charge on any atom is 0.164 e. The van der Waals surface area contributed by atoms with E-state index in [1.807, 2.05) is 25.1 Å². The zero-order chi connectivity index (χ0) is 12.5. The second-order valence-corrected chi connectivity index (χ2v) is 4.97. The van der Waals surface area contributed by atoms with Crippen LogP contribution in [0.4, 0.5) is 0 Å². The van der Waals surface area contributed by atoms with E-state index in [1.165, 1.54) is 11.1 Å². The fourth-order valence-electron chi connectivity index (χ4n) is 2.87. The molecule has 0 fully saturated rings. The number of aromatic amines is 1. The Balaban J connectivity index is 2.18. The molecule has 0 saturated heterocycles. The highest BCUT2D eigenvalue weighted by atomic mass is 16.1. The molecule has 2 aromatic rings. The average molecular weight is 239 g/mol. The number of benzene rings is 1. The van der Waals surface area contributed by atoms with Gasteiger partial charge in [0.05, 0.1) is 0 Å². The summed E-state index contributed by atoms with van der Waals surface area (Å²) in [6.45, 7) is 2.01. The maximum atomic E-state index is 12.2. The lowest BCUT2D eigenvalue weighted by atomic mass is 10.00. The molecule has 1 aromatic carbocycles. The third kappa shape index (κ3) is 1.78. The molecule has 2 heteroatoms. The summed E-state index contributed by atoms with van der Waals surface area (Å²) in [5.74, 6) is 0.304. The van der Waals surface area contributed by atoms with E-state index in [0.29, 0.717) is 12.2 Å². The zero-order valence-electron chi connectivity index (χ0n) is 10.6. The van der Waals surface area contributed by atoms with Crippen molar-refractivity contribution in [3.8, 4) is 11.3 Å². The van der Waals surface area contributed by atoms with E-state index in [4.69, 9.17) is 0 Å². The molecule has 3 rings (SSSR count). The molecule has 92 valence electrons. The van der Waals surface area contributed by atoms with Crippen LogP contribution in [0.25, 0.3) is 11.3 Å². The molecule has 18 heavy (non-hydrogen) atoms. The van der Waals surface area contributed by atoms with E-state index in [-0.39, 0.29) is 0 Å². The summed E-state index contributed by atoms with van der Waals surface area (Å²) >= 11 is 0. The van der Waals surface area contributed by atoms with Crippen LogP contribution in [0.2, 0.25) is 0 Å². The van der Waals surface area contributed by atoms with E-state index in [1.54, 1.807) is 0 Å². The molecular weight excluding hydrogens is 222 g/mol. The van der Waals surface area contributed by atoms with Crippen LogP contribution in [-0.2, 0) is 6.42 Å². The molecule has 0 amide bonds.